The van der Waals surface area contributed by atoms with Crippen molar-refractivity contribution < 1.29 is 4.42 Å². The molecule has 0 aliphatic heterocycles. The fourth-order valence-electron chi connectivity index (χ4n) is 8.16. The highest BCUT2D eigenvalue weighted by molar-refractivity contribution is 7.26. The normalized spacial score (nSPS) is 11.5. The largest absolute Gasteiger partial charge is 0.455 e. The van der Waals surface area contributed by atoms with Crippen LogP contribution in [-0.4, -0.2) is 29.9 Å². The number of hydrogen-bond donors (Lipinski definition) is 0. The molecule has 0 fully saturated rings. The summed E-state index contributed by atoms with van der Waals surface area (Å²) in [6.45, 7) is 0. The van der Waals surface area contributed by atoms with Crippen molar-refractivity contribution in [2.75, 3.05) is 0 Å². The first-order chi connectivity index (χ1) is 30.7. The van der Waals surface area contributed by atoms with Gasteiger partial charge < -0.3 is 4.42 Å². The van der Waals surface area contributed by atoms with Crippen molar-refractivity contribution in [3.8, 4) is 79.5 Å². The predicted molar refractivity (Wildman–Crippen MR) is 251 cm³/mol. The first-order valence-electron chi connectivity index (χ1n) is 20.4. The number of thiophene rings is 1. The first-order valence-corrected chi connectivity index (χ1v) is 21.2. The highest BCUT2D eigenvalue weighted by Gasteiger charge is 2.20. The summed E-state index contributed by atoms with van der Waals surface area (Å²) in [5, 5.41) is 4.43. The van der Waals surface area contributed by atoms with Crippen LogP contribution < -0.4 is 0 Å². The fraction of sp³-hybridized carbons (Fsp3) is 0. The Balaban J connectivity index is 0.939. The van der Waals surface area contributed by atoms with Crippen LogP contribution in [0.15, 0.2) is 199 Å². The van der Waals surface area contributed by atoms with Crippen molar-refractivity contribution in [2.24, 2.45) is 0 Å². The second kappa shape index (κ2) is 14.8. The Bertz CT molecular complexity index is 3570. The quantitative estimate of drug-likeness (QED) is 0.158. The highest BCUT2D eigenvalue weighted by atomic mass is 32.1. The molecule has 8 heteroatoms. The topological polar surface area (TPSA) is 90.5 Å². The van der Waals surface area contributed by atoms with Gasteiger partial charge in [0.25, 0.3) is 0 Å². The van der Waals surface area contributed by atoms with Crippen LogP contribution in [0.25, 0.3) is 122 Å². The zero-order chi connectivity index (χ0) is 41.0. The van der Waals surface area contributed by atoms with Gasteiger partial charge in [0.15, 0.2) is 34.9 Å². The van der Waals surface area contributed by atoms with E-state index in [1.165, 1.54) is 10.1 Å². The molecular formula is C54H32N6OS. The number of aromatic nitrogens is 6. The molecule has 0 unspecified atom stereocenters. The van der Waals surface area contributed by atoms with E-state index < -0.39 is 0 Å². The van der Waals surface area contributed by atoms with Crippen LogP contribution in [0.3, 0.4) is 0 Å². The standard InChI is InChI=1S/C54H32N6OS/c1-4-14-34(15-5-1)49-55-50(35-16-6-2-7-17-35)57-52(56-49)37-28-26-33(27-29-37)38-30-31-40-42-22-13-24-44(48(42)62-46(40)32-38)54-59-51(36-18-8-3-9-19-36)58-53(60-54)43-23-12-21-41-39-20-10-11-25-45(39)61-47(41)43/h1-32H. The molecule has 0 saturated carbocycles. The molecular weight excluding hydrogens is 781 g/mol. The molecule has 0 N–H and O–H groups in total. The SMILES string of the molecule is c1ccc(-c2nc(-c3ccccc3)nc(-c3ccc(-c4ccc5c(c4)sc4c(-c6nc(-c7ccccc7)nc(-c7cccc8c7oc7ccccc78)n6)cccc45)cc3)n2)cc1. The molecule has 4 aromatic heterocycles. The second-order valence-corrected chi connectivity index (χ2v) is 16.1. The van der Waals surface area contributed by atoms with Crippen molar-refractivity contribution in [1.82, 2.24) is 29.9 Å². The third kappa shape index (κ3) is 6.29. The number of benzene rings is 8. The Hall–Kier alpha value is -8.20. The Morgan fingerprint density at radius 2 is 0.758 bits per heavy atom. The van der Waals surface area contributed by atoms with Gasteiger partial charge in [-0.3, -0.25) is 0 Å². The van der Waals surface area contributed by atoms with Gasteiger partial charge in [0.1, 0.15) is 11.2 Å². The monoisotopic (exact) mass is 812 g/mol. The summed E-state index contributed by atoms with van der Waals surface area (Å²) in [7, 11) is 0. The molecule has 0 spiro atoms. The van der Waals surface area contributed by atoms with Gasteiger partial charge in [-0.05, 0) is 35.4 Å². The maximum atomic E-state index is 6.45. The highest BCUT2D eigenvalue weighted by Crippen LogP contribution is 2.42. The molecule has 0 bridgehead atoms. The minimum absolute atomic E-state index is 0.562. The van der Waals surface area contributed by atoms with Gasteiger partial charge >= 0.3 is 0 Å². The summed E-state index contributed by atoms with van der Waals surface area (Å²) in [5.74, 6) is 3.68. The van der Waals surface area contributed by atoms with E-state index in [-0.39, 0.29) is 0 Å². The lowest BCUT2D eigenvalue weighted by Crippen LogP contribution is -2.00. The molecule has 8 aromatic carbocycles. The molecule has 290 valence electrons. The molecule has 0 saturated heterocycles. The minimum atomic E-state index is 0.562. The maximum absolute atomic E-state index is 6.45. The fourth-order valence-corrected chi connectivity index (χ4v) is 9.41. The van der Waals surface area contributed by atoms with Gasteiger partial charge in [0.2, 0.25) is 0 Å². The average molecular weight is 813 g/mol. The van der Waals surface area contributed by atoms with Crippen LogP contribution in [0.2, 0.25) is 0 Å². The van der Waals surface area contributed by atoms with Crippen LogP contribution in [0.4, 0.5) is 0 Å². The van der Waals surface area contributed by atoms with E-state index in [0.717, 1.165) is 76.5 Å². The molecule has 12 rings (SSSR count). The third-order valence-electron chi connectivity index (χ3n) is 11.2. The van der Waals surface area contributed by atoms with E-state index in [4.69, 9.17) is 34.3 Å². The zero-order valence-corrected chi connectivity index (χ0v) is 33.8. The van der Waals surface area contributed by atoms with Crippen molar-refractivity contribution in [3.63, 3.8) is 0 Å². The lowest BCUT2D eigenvalue weighted by Gasteiger charge is -2.09. The predicted octanol–water partition coefficient (Wildman–Crippen LogP) is 14.0. The van der Waals surface area contributed by atoms with Gasteiger partial charge in [-0.15, -0.1) is 11.3 Å². The van der Waals surface area contributed by atoms with Crippen molar-refractivity contribution in [2.45, 2.75) is 0 Å². The van der Waals surface area contributed by atoms with Crippen LogP contribution >= 0.6 is 11.3 Å². The molecule has 0 radical (unpaired) electrons. The Morgan fingerprint density at radius 3 is 1.39 bits per heavy atom. The molecule has 0 aliphatic carbocycles. The number of furan rings is 1. The summed E-state index contributed by atoms with van der Waals surface area (Å²) in [4.78, 5) is 30.1. The van der Waals surface area contributed by atoms with Gasteiger partial charge in [-0.2, -0.15) is 0 Å². The van der Waals surface area contributed by atoms with E-state index in [9.17, 15) is 0 Å². The second-order valence-electron chi connectivity index (χ2n) is 15.1. The van der Waals surface area contributed by atoms with Gasteiger partial charge in [-0.25, -0.2) is 29.9 Å². The zero-order valence-electron chi connectivity index (χ0n) is 33.0. The molecule has 62 heavy (non-hydrogen) atoms. The smallest absolute Gasteiger partial charge is 0.167 e. The van der Waals surface area contributed by atoms with Crippen molar-refractivity contribution >= 4 is 53.4 Å². The molecule has 12 aromatic rings. The number of hydrogen-bond acceptors (Lipinski definition) is 8. The number of fused-ring (bicyclic) bond motifs is 6. The van der Waals surface area contributed by atoms with Gasteiger partial charge in [0.05, 0.1) is 5.56 Å². The summed E-state index contributed by atoms with van der Waals surface area (Å²) in [6, 6.07) is 66.0. The Kier molecular flexibility index (Phi) is 8.53. The lowest BCUT2D eigenvalue weighted by molar-refractivity contribution is 0.669. The van der Waals surface area contributed by atoms with Crippen LogP contribution in [0.1, 0.15) is 0 Å². The number of para-hydroxylation sites is 2. The van der Waals surface area contributed by atoms with E-state index in [0.29, 0.717) is 34.9 Å². The molecule has 0 atom stereocenters. The summed E-state index contributed by atoms with van der Waals surface area (Å²) < 4.78 is 8.75. The van der Waals surface area contributed by atoms with E-state index >= 15 is 0 Å². The maximum Gasteiger partial charge on any atom is 0.167 e. The summed E-state index contributed by atoms with van der Waals surface area (Å²) in [6.07, 6.45) is 0. The molecule has 0 aliphatic rings. The lowest BCUT2D eigenvalue weighted by atomic mass is 10.0. The van der Waals surface area contributed by atoms with Gasteiger partial charge in [0, 0.05) is 58.8 Å². The minimum Gasteiger partial charge on any atom is -0.455 e. The third-order valence-corrected chi connectivity index (χ3v) is 12.4. The van der Waals surface area contributed by atoms with E-state index in [1.807, 2.05) is 121 Å². The number of nitrogens with zero attached hydrogens (tertiary/aromatic N) is 6. The van der Waals surface area contributed by atoms with E-state index in [1.54, 1.807) is 11.3 Å². The average Bonchev–Trinajstić information content (AvgIpc) is 3.93. The Morgan fingerprint density at radius 1 is 0.306 bits per heavy atom. The summed E-state index contributed by atoms with van der Waals surface area (Å²) in [5.41, 5.74) is 9.30. The molecule has 7 nitrogen and oxygen atoms in total. The van der Waals surface area contributed by atoms with Crippen LogP contribution in [0.5, 0.6) is 0 Å². The van der Waals surface area contributed by atoms with Gasteiger partial charge in [-0.1, -0.05) is 170 Å². The van der Waals surface area contributed by atoms with Crippen molar-refractivity contribution in [1.29, 1.82) is 0 Å². The molecule has 0 amide bonds. The first kappa shape index (κ1) is 35.7. The molecule has 4 heterocycles. The summed E-state index contributed by atoms with van der Waals surface area (Å²) >= 11 is 1.75. The van der Waals surface area contributed by atoms with E-state index in [2.05, 4.69) is 72.8 Å². The van der Waals surface area contributed by atoms with Crippen molar-refractivity contribution in [3.05, 3.63) is 194 Å². The Labute approximate surface area is 359 Å². The van der Waals surface area contributed by atoms with Crippen LogP contribution in [0, 0.1) is 0 Å². The van der Waals surface area contributed by atoms with Crippen LogP contribution in [-0.2, 0) is 0 Å². The number of rotatable bonds is 7.